The fourth-order valence-electron chi connectivity index (χ4n) is 5.48. The zero-order valence-electron chi connectivity index (χ0n) is 31.9. The number of rotatable bonds is 12. The molecule has 3 N–H and O–H groups in total. The molecule has 12 nitrogen and oxygen atoms in total. The van der Waals surface area contributed by atoms with E-state index in [1.807, 2.05) is 90.2 Å². The Balaban J connectivity index is 0.00000101. The van der Waals surface area contributed by atoms with Gasteiger partial charge in [-0.15, -0.1) is 0 Å². The molecule has 15 heteroatoms. The second kappa shape index (κ2) is 23.1. The molecule has 0 aliphatic carbocycles. The number of methoxy groups -OCH3 is 5. The number of aliphatic hydroxyl groups is 1. The molecular formula is C40H46AlClLiN5O7. The molecule has 0 spiro atoms. The molecule has 284 valence electrons. The maximum absolute atomic E-state index is 12.0. The third kappa shape index (κ3) is 12.0. The summed E-state index contributed by atoms with van der Waals surface area (Å²) in [7, 11) is 7.71. The molecule has 0 unspecified atom stereocenters. The molecule has 4 aromatic carbocycles. The number of benzene rings is 4. The number of aliphatic hydroxyl groups excluding tert-OH is 1. The van der Waals surface area contributed by atoms with Gasteiger partial charge in [-0.25, -0.2) is 19.7 Å². The average Bonchev–Trinajstić information content (AvgIpc) is 3.20. The Hall–Kier alpha value is -4.95. The van der Waals surface area contributed by atoms with Crippen molar-refractivity contribution in [2.24, 2.45) is 0 Å². The fraction of sp³-hybridized carbons (Fsp3) is 0.175. The first-order valence-corrected chi connectivity index (χ1v) is 16.2. The van der Waals surface area contributed by atoms with E-state index in [0.29, 0.717) is 29.3 Å². The number of halogens is 1. The van der Waals surface area contributed by atoms with Gasteiger partial charge in [0.2, 0.25) is 5.82 Å². The Labute approximate surface area is 352 Å². The van der Waals surface area contributed by atoms with Crippen LogP contribution in [0.15, 0.2) is 110 Å². The van der Waals surface area contributed by atoms with Crippen LogP contribution in [0.3, 0.4) is 0 Å². The van der Waals surface area contributed by atoms with Crippen LogP contribution in [-0.4, -0.2) is 83.9 Å². The zero-order valence-corrected chi connectivity index (χ0v) is 31.7. The van der Waals surface area contributed by atoms with Crippen molar-refractivity contribution in [2.45, 2.75) is 13.0 Å². The Morgan fingerprint density at radius 1 is 0.691 bits per heavy atom. The van der Waals surface area contributed by atoms with Crippen molar-refractivity contribution < 1.29 is 73.0 Å². The number of carbonyl (C=O) groups excluding carboxylic acids is 1. The summed E-state index contributed by atoms with van der Waals surface area (Å²) in [5.74, 6) is 2.89. The number of hydrogen-bond acceptors (Lipinski definition) is 11. The average molecular weight is 778 g/mol. The van der Waals surface area contributed by atoms with Gasteiger partial charge in [0, 0.05) is 48.4 Å². The molecule has 0 saturated carbocycles. The summed E-state index contributed by atoms with van der Waals surface area (Å²) in [6.07, 6.45) is 3.70. The quantitative estimate of drug-likeness (QED) is 0.0886. The van der Waals surface area contributed by atoms with E-state index in [9.17, 15) is 9.90 Å². The van der Waals surface area contributed by atoms with Crippen LogP contribution < -0.4 is 55.5 Å². The molecule has 0 aliphatic heterocycles. The second-order valence-electron chi connectivity index (χ2n) is 11.2. The van der Waals surface area contributed by atoms with Gasteiger partial charge in [-0.05, 0) is 54.1 Å². The predicted octanol–water partition coefficient (Wildman–Crippen LogP) is -1.10. The van der Waals surface area contributed by atoms with Gasteiger partial charge in [0.15, 0.2) is 17.4 Å². The minimum Gasteiger partial charge on any atom is -1.00 e. The van der Waals surface area contributed by atoms with Crippen molar-refractivity contribution >= 4 is 34.8 Å². The van der Waals surface area contributed by atoms with E-state index in [1.54, 1.807) is 39.8 Å². The molecule has 2 aromatic heterocycles. The maximum atomic E-state index is 12.0. The summed E-state index contributed by atoms with van der Waals surface area (Å²) in [6.45, 7) is -0.0623. The van der Waals surface area contributed by atoms with Crippen LogP contribution in [0.5, 0.6) is 23.0 Å². The third-order valence-electron chi connectivity index (χ3n) is 8.02. The van der Waals surface area contributed by atoms with E-state index >= 15 is 0 Å². The number of aromatic nitrogens is 4. The molecule has 55 heavy (non-hydrogen) atoms. The van der Waals surface area contributed by atoms with Crippen molar-refractivity contribution in [1.29, 1.82) is 0 Å². The summed E-state index contributed by atoms with van der Waals surface area (Å²) < 4.78 is 26.1. The predicted molar refractivity (Wildman–Crippen MR) is 209 cm³/mol. The maximum Gasteiger partial charge on any atom is 1.00 e. The van der Waals surface area contributed by atoms with Crippen molar-refractivity contribution in [3.63, 3.8) is 0 Å². The molecule has 0 bridgehead atoms. The topological polar surface area (TPSA) is 152 Å². The van der Waals surface area contributed by atoms with Crippen LogP contribution in [-0.2, 0) is 17.8 Å². The van der Waals surface area contributed by atoms with Crippen LogP contribution in [0.4, 0.5) is 11.5 Å². The molecule has 0 atom stereocenters. The van der Waals surface area contributed by atoms with Crippen molar-refractivity contribution in [3.05, 3.63) is 132 Å². The molecule has 6 rings (SSSR count). The molecule has 0 aliphatic rings. The molecule has 0 saturated heterocycles. The summed E-state index contributed by atoms with van der Waals surface area (Å²) in [5.41, 5.74) is 7.22. The SMILES string of the molecule is COC(=O)c1cc([NH2+]c2cc(-c3ccccc3OC)ncn2)ccc1OC.COc1ccc(Cc2cc(-c3ccccc3OC)ncn2)cc1CO.[AlH3].[Cl-].[H-].[HH].[Li+]. The second-order valence-corrected chi connectivity index (χ2v) is 11.2. The molecule has 2 heterocycles. The fourth-order valence-corrected chi connectivity index (χ4v) is 5.48. The van der Waals surface area contributed by atoms with E-state index in [2.05, 4.69) is 19.9 Å². The van der Waals surface area contributed by atoms with Crippen LogP contribution >= 0.6 is 0 Å². The van der Waals surface area contributed by atoms with Crippen LogP contribution in [0.25, 0.3) is 22.5 Å². The van der Waals surface area contributed by atoms with Crippen molar-refractivity contribution in [3.8, 4) is 45.5 Å². The first-order valence-electron chi connectivity index (χ1n) is 16.2. The van der Waals surface area contributed by atoms with Gasteiger partial charge in [-0.2, -0.15) is 4.98 Å². The minimum absolute atomic E-state index is 0. The number of para-hydroxylation sites is 2. The number of nitrogens with zero attached hydrogens (tertiary/aromatic N) is 4. The summed E-state index contributed by atoms with van der Waals surface area (Å²) in [4.78, 5) is 29.3. The first-order chi connectivity index (χ1) is 25.4. The van der Waals surface area contributed by atoms with E-state index in [4.69, 9.17) is 23.7 Å². The molecule has 0 fully saturated rings. The van der Waals surface area contributed by atoms with Gasteiger partial charge in [-0.3, -0.25) is 5.32 Å². The number of quaternary nitrogens is 1. The van der Waals surface area contributed by atoms with Crippen LogP contribution in [0, 0.1) is 0 Å². The van der Waals surface area contributed by atoms with Gasteiger partial charge in [-0.1, -0.05) is 30.3 Å². The van der Waals surface area contributed by atoms with E-state index in [-0.39, 0.29) is 58.1 Å². The Morgan fingerprint density at radius 3 is 1.84 bits per heavy atom. The number of hydrogen-bond donors (Lipinski definition) is 2. The number of ether oxygens (including phenoxy) is 5. The molecule has 0 amide bonds. The summed E-state index contributed by atoms with van der Waals surface area (Å²) in [5, 5.41) is 11.3. The number of nitrogens with two attached hydrogens (primary N) is 1. The van der Waals surface area contributed by atoms with Gasteiger partial charge < -0.3 is 42.6 Å². The Bertz CT molecular complexity index is 2160. The van der Waals surface area contributed by atoms with Crippen molar-refractivity contribution in [1.82, 2.24) is 19.9 Å². The summed E-state index contributed by atoms with van der Waals surface area (Å²) in [6, 6.07) is 30.3. The van der Waals surface area contributed by atoms with Gasteiger partial charge in [0.05, 0.1) is 53.5 Å². The molecule has 0 radical (unpaired) electrons. The van der Waals surface area contributed by atoms with E-state index in [1.165, 1.54) is 20.5 Å². The monoisotopic (exact) mass is 777 g/mol. The Morgan fingerprint density at radius 2 is 1.25 bits per heavy atom. The Kier molecular flexibility index (Phi) is 19.4. The van der Waals surface area contributed by atoms with E-state index < -0.39 is 5.97 Å². The normalized spacial score (nSPS) is 9.85. The standard InChI is InChI=1S/C20H19N3O4.C20H20N2O3.Al.ClH.Li.H2.4H/c1-25-17-7-5-4-6-14(17)16-11-19(22-12-21-16)23-13-8-9-18(26-2)15(10-13)20(24)27-3;1-24-19-8-7-14(9-15(19)12-23)10-16-11-18(22-13-21-16)17-5-3-4-6-20(17)25-2;;;;;;;;/h4-12H,1-3H3,(H,21,22,23);3-9,11,13,23H,10,12H2,1-2H3;;1H;;1H;;;;/q;;;;+1;;;;;-1. The largest absolute Gasteiger partial charge is 1.00 e. The number of esters is 1. The smallest absolute Gasteiger partial charge is 1.00 e. The molecule has 6 aromatic rings. The minimum atomic E-state index is -0.459. The van der Waals surface area contributed by atoms with Gasteiger partial charge >= 0.3 is 24.8 Å². The zero-order chi connectivity index (χ0) is 36.9. The van der Waals surface area contributed by atoms with Gasteiger partial charge in [0.1, 0.15) is 46.9 Å². The van der Waals surface area contributed by atoms with Crippen LogP contribution in [0.1, 0.15) is 30.0 Å². The number of carbonyl (C=O) groups is 1. The van der Waals surface area contributed by atoms with Gasteiger partial charge in [0.25, 0.3) is 0 Å². The van der Waals surface area contributed by atoms with Crippen molar-refractivity contribution in [2.75, 3.05) is 35.5 Å². The third-order valence-corrected chi connectivity index (χ3v) is 8.02. The summed E-state index contributed by atoms with van der Waals surface area (Å²) >= 11 is 0. The molecular weight excluding hydrogens is 732 g/mol. The van der Waals surface area contributed by atoms with E-state index in [0.717, 1.165) is 56.5 Å². The van der Waals surface area contributed by atoms with Crippen LogP contribution in [0.2, 0.25) is 0 Å². The first kappa shape index (κ1) is 46.2.